The second-order valence-electron chi connectivity index (χ2n) is 4.35. The zero-order chi connectivity index (χ0) is 13.2. The molecule has 1 aliphatic heterocycles. The van der Waals surface area contributed by atoms with Gasteiger partial charge in [-0.05, 0) is 18.2 Å². The summed E-state index contributed by atoms with van der Waals surface area (Å²) in [6, 6.07) is 5.59. The van der Waals surface area contributed by atoms with Crippen LogP contribution in [0.25, 0.3) is 11.3 Å². The highest BCUT2D eigenvalue weighted by molar-refractivity contribution is 5.66. The molecule has 0 aliphatic carbocycles. The molecule has 0 spiro atoms. The van der Waals surface area contributed by atoms with Crippen molar-refractivity contribution in [3.63, 3.8) is 0 Å². The van der Waals surface area contributed by atoms with Gasteiger partial charge in [0.15, 0.2) is 11.5 Å². The normalized spacial score (nSPS) is 14.2. The number of nitrogens with one attached hydrogen (secondary N) is 2. The monoisotopic (exact) mass is 261 g/mol. The number of hydrogen-bond donors (Lipinski definition) is 3. The Hall–Kier alpha value is -2.21. The summed E-state index contributed by atoms with van der Waals surface area (Å²) < 4.78 is 11.2. The lowest BCUT2D eigenvalue weighted by molar-refractivity contribution is 0.297. The van der Waals surface area contributed by atoms with Gasteiger partial charge >= 0.3 is 0 Å². The van der Waals surface area contributed by atoms with Crippen molar-refractivity contribution in [3.05, 3.63) is 34.1 Å². The Bertz CT molecular complexity index is 645. The number of H-pyrrole nitrogens is 2. The molecule has 0 saturated heterocycles. The highest BCUT2D eigenvalue weighted by atomic mass is 16.5. The van der Waals surface area contributed by atoms with Crippen LogP contribution in [-0.4, -0.2) is 23.4 Å². The Morgan fingerprint density at radius 2 is 1.95 bits per heavy atom. The molecular weight excluding hydrogens is 246 g/mol. The lowest BCUT2D eigenvalue weighted by Crippen LogP contribution is -2.10. The van der Waals surface area contributed by atoms with Gasteiger partial charge in [0, 0.05) is 18.5 Å². The first-order valence-corrected chi connectivity index (χ1v) is 6.19. The van der Waals surface area contributed by atoms with E-state index in [9.17, 15) is 4.79 Å². The van der Waals surface area contributed by atoms with Gasteiger partial charge in [-0.25, -0.2) is 0 Å². The minimum absolute atomic E-state index is 0.183. The second-order valence-corrected chi connectivity index (χ2v) is 4.35. The van der Waals surface area contributed by atoms with Crippen molar-refractivity contribution in [2.24, 2.45) is 5.73 Å². The molecule has 1 aromatic heterocycles. The lowest BCUT2D eigenvalue weighted by Gasteiger charge is -2.09. The van der Waals surface area contributed by atoms with Crippen LogP contribution < -0.4 is 20.8 Å². The quantitative estimate of drug-likeness (QED) is 0.751. The van der Waals surface area contributed by atoms with E-state index in [1.165, 1.54) is 0 Å². The predicted molar refractivity (Wildman–Crippen MR) is 70.3 cm³/mol. The molecule has 6 heteroatoms. The molecule has 19 heavy (non-hydrogen) atoms. The summed E-state index contributed by atoms with van der Waals surface area (Å²) >= 11 is 0. The highest BCUT2D eigenvalue weighted by Crippen LogP contribution is 2.33. The Morgan fingerprint density at radius 1 is 1.16 bits per heavy atom. The van der Waals surface area contributed by atoms with Crippen LogP contribution in [0.15, 0.2) is 23.0 Å². The van der Waals surface area contributed by atoms with Crippen LogP contribution >= 0.6 is 0 Å². The fraction of sp³-hybridized carbons (Fsp3) is 0.308. The van der Waals surface area contributed by atoms with E-state index in [-0.39, 0.29) is 12.1 Å². The fourth-order valence-electron chi connectivity index (χ4n) is 2.14. The van der Waals surface area contributed by atoms with Gasteiger partial charge in [0.2, 0.25) is 0 Å². The summed E-state index contributed by atoms with van der Waals surface area (Å²) in [5, 5.41) is 5.40. The van der Waals surface area contributed by atoms with Crippen molar-refractivity contribution in [2.45, 2.75) is 13.0 Å². The summed E-state index contributed by atoms with van der Waals surface area (Å²) in [6.45, 7) is 1.47. The van der Waals surface area contributed by atoms with Crippen molar-refractivity contribution in [1.29, 1.82) is 0 Å². The summed E-state index contributed by atoms with van der Waals surface area (Å²) in [5.74, 6) is 1.42. The molecule has 1 aromatic carbocycles. The molecule has 2 heterocycles. The van der Waals surface area contributed by atoms with Gasteiger partial charge in [0.1, 0.15) is 0 Å². The molecule has 0 amide bonds. The van der Waals surface area contributed by atoms with Crippen molar-refractivity contribution in [3.8, 4) is 22.8 Å². The molecule has 2 aromatic rings. The first kappa shape index (κ1) is 11.9. The molecule has 0 bridgehead atoms. The molecule has 6 nitrogen and oxygen atoms in total. The Morgan fingerprint density at radius 3 is 2.74 bits per heavy atom. The van der Waals surface area contributed by atoms with E-state index in [0.29, 0.717) is 30.2 Å². The molecule has 1 aliphatic rings. The summed E-state index contributed by atoms with van der Waals surface area (Å²) in [4.78, 5) is 11.6. The number of fused-ring (bicyclic) bond motifs is 1. The Labute approximate surface area is 109 Å². The van der Waals surface area contributed by atoms with Crippen LogP contribution in [-0.2, 0) is 6.54 Å². The van der Waals surface area contributed by atoms with Gasteiger partial charge in [0.05, 0.1) is 24.5 Å². The largest absolute Gasteiger partial charge is 0.490 e. The molecule has 0 saturated carbocycles. The number of rotatable bonds is 2. The maximum atomic E-state index is 11.6. The first-order chi connectivity index (χ1) is 9.29. The van der Waals surface area contributed by atoms with Crippen molar-refractivity contribution in [2.75, 3.05) is 13.2 Å². The van der Waals surface area contributed by atoms with Crippen molar-refractivity contribution < 1.29 is 9.47 Å². The highest BCUT2D eigenvalue weighted by Gasteiger charge is 2.15. The van der Waals surface area contributed by atoms with Crippen LogP contribution in [0.5, 0.6) is 11.5 Å². The van der Waals surface area contributed by atoms with E-state index in [1.54, 1.807) is 0 Å². The molecule has 100 valence electrons. The third-order valence-corrected chi connectivity index (χ3v) is 3.12. The van der Waals surface area contributed by atoms with E-state index >= 15 is 0 Å². The van der Waals surface area contributed by atoms with Crippen LogP contribution in [0.4, 0.5) is 0 Å². The predicted octanol–water partition coefficient (Wildman–Crippen LogP) is 0.990. The topological polar surface area (TPSA) is 93.1 Å². The average molecular weight is 261 g/mol. The Balaban J connectivity index is 2.06. The van der Waals surface area contributed by atoms with E-state index in [1.807, 2.05) is 18.2 Å². The van der Waals surface area contributed by atoms with Gasteiger partial charge in [0.25, 0.3) is 5.56 Å². The standard InChI is InChI=1S/C13H15N3O3/c14-7-9-12(15-16-13(9)17)8-2-3-10-11(6-8)19-5-1-4-18-10/h2-3,6H,1,4-5,7,14H2,(H2,15,16,17). The van der Waals surface area contributed by atoms with E-state index < -0.39 is 0 Å². The SMILES string of the molecule is NCc1c(-c2ccc3c(c2)OCCCO3)[nH][nH]c1=O. The van der Waals surface area contributed by atoms with Gasteiger partial charge < -0.3 is 15.2 Å². The van der Waals surface area contributed by atoms with Crippen LogP contribution in [0.1, 0.15) is 12.0 Å². The third kappa shape index (κ3) is 2.10. The summed E-state index contributed by atoms with van der Waals surface area (Å²) in [7, 11) is 0. The Kier molecular flexibility index (Phi) is 3.00. The van der Waals surface area contributed by atoms with Crippen molar-refractivity contribution in [1.82, 2.24) is 10.2 Å². The molecule has 0 fully saturated rings. The minimum Gasteiger partial charge on any atom is -0.490 e. The minimum atomic E-state index is -0.190. The molecule has 0 unspecified atom stereocenters. The van der Waals surface area contributed by atoms with Gasteiger partial charge in [-0.15, -0.1) is 0 Å². The van der Waals surface area contributed by atoms with Crippen LogP contribution in [0, 0.1) is 0 Å². The number of nitrogens with two attached hydrogens (primary N) is 1. The van der Waals surface area contributed by atoms with Gasteiger partial charge in [-0.3, -0.25) is 15.0 Å². The van der Waals surface area contributed by atoms with Gasteiger partial charge in [-0.2, -0.15) is 0 Å². The number of aromatic amines is 2. The molecule has 0 atom stereocenters. The number of aromatic nitrogens is 2. The lowest BCUT2D eigenvalue weighted by atomic mass is 10.1. The molecular formula is C13H15N3O3. The number of ether oxygens (including phenoxy) is 2. The fourth-order valence-corrected chi connectivity index (χ4v) is 2.14. The maximum absolute atomic E-state index is 11.6. The first-order valence-electron chi connectivity index (χ1n) is 6.19. The van der Waals surface area contributed by atoms with Crippen LogP contribution in [0.3, 0.4) is 0 Å². The van der Waals surface area contributed by atoms with Crippen LogP contribution in [0.2, 0.25) is 0 Å². The van der Waals surface area contributed by atoms with E-state index in [4.69, 9.17) is 15.2 Å². The average Bonchev–Trinajstić information content (AvgIpc) is 2.66. The van der Waals surface area contributed by atoms with Crippen molar-refractivity contribution >= 4 is 0 Å². The summed E-state index contributed by atoms with van der Waals surface area (Å²) in [5.41, 5.74) is 7.49. The molecule has 4 N–H and O–H groups in total. The molecule has 0 radical (unpaired) electrons. The zero-order valence-electron chi connectivity index (χ0n) is 10.4. The smallest absolute Gasteiger partial charge is 0.269 e. The molecule has 3 rings (SSSR count). The van der Waals surface area contributed by atoms with Gasteiger partial charge in [-0.1, -0.05) is 0 Å². The zero-order valence-corrected chi connectivity index (χ0v) is 10.4. The maximum Gasteiger partial charge on any atom is 0.269 e. The summed E-state index contributed by atoms with van der Waals surface area (Å²) in [6.07, 6.45) is 0.860. The van der Waals surface area contributed by atoms with E-state index in [0.717, 1.165) is 17.7 Å². The number of benzene rings is 1. The second kappa shape index (κ2) is 4.81. The number of hydrogen-bond acceptors (Lipinski definition) is 4. The van der Waals surface area contributed by atoms with E-state index in [2.05, 4.69) is 10.2 Å². The third-order valence-electron chi connectivity index (χ3n) is 3.12.